The average molecular weight is 351 g/mol. The number of hydrogen-bond acceptors (Lipinski definition) is 3. The molecule has 1 saturated heterocycles. The Morgan fingerprint density at radius 2 is 1.88 bits per heavy atom. The van der Waals surface area contributed by atoms with Gasteiger partial charge in [-0.25, -0.2) is 9.78 Å². The van der Waals surface area contributed by atoms with E-state index in [1.54, 1.807) is 7.11 Å². The van der Waals surface area contributed by atoms with Crippen LogP contribution in [0.2, 0.25) is 0 Å². The van der Waals surface area contributed by atoms with Gasteiger partial charge in [0.25, 0.3) is 0 Å². The summed E-state index contributed by atoms with van der Waals surface area (Å²) in [7, 11) is 1.67. The van der Waals surface area contributed by atoms with Crippen molar-refractivity contribution in [3.05, 3.63) is 54.5 Å². The summed E-state index contributed by atoms with van der Waals surface area (Å²) < 4.78 is 7.65. The van der Waals surface area contributed by atoms with Gasteiger partial charge in [-0.15, -0.1) is 0 Å². The summed E-state index contributed by atoms with van der Waals surface area (Å²) >= 11 is 0. The monoisotopic (exact) mass is 351 g/mol. The lowest BCUT2D eigenvalue weighted by Crippen LogP contribution is -2.37. The molecule has 0 saturated carbocycles. The summed E-state index contributed by atoms with van der Waals surface area (Å²) in [6.07, 6.45) is 2.75. The number of imidazole rings is 1. The van der Waals surface area contributed by atoms with Crippen LogP contribution in [0.5, 0.6) is 5.75 Å². The molecule has 1 aliphatic rings. The molecule has 0 spiro atoms. The molecule has 0 atom stereocenters. The van der Waals surface area contributed by atoms with Crippen molar-refractivity contribution < 1.29 is 14.6 Å². The SMILES string of the molecule is COc1ccccc1-c1nc(C2CCN(C(=O)O)CC2)n2ccccc12. The van der Waals surface area contributed by atoms with E-state index < -0.39 is 6.09 Å². The van der Waals surface area contributed by atoms with E-state index in [1.807, 2.05) is 42.6 Å². The van der Waals surface area contributed by atoms with Gasteiger partial charge in [0, 0.05) is 30.8 Å². The number of ether oxygens (including phenoxy) is 1. The van der Waals surface area contributed by atoms with Crippen molar-refractivity contribution in [3.8, 4) is 17.0 Å². The Morgan fingerprint density at radius 1 is 1.15 bits per heavy atom. The predicted octanol–water partition coefficient (Wildman–Crippen LogP) is 3.87. The fourth-order valence-electron chi connectivity index (χ4n) is 3.72. The van der Waals surface area contributed by atoms with E-state index >= 15 is 0 Å². The molecule has 0 radical (unpaired) electrons. The Balaban J connectivity index is 1.77. The third-order valence-electron chi connectivity index (χ3n) is 5.07. The highest BCUT2D eigenvalue weighted by Crippen LogP contribution is 2.36. The van der Waals surface area contributed by atoms with Gasteiger partial charge in [0.2, 0.25) is 0 Å². The van der Waals surface area contributed by atoms with Gasteiger partial charge in [-0.3, -0.25) is 0 Å². The molecule has 1 aromatic carbocycles. The number of carbonyl (C=O) groups is 1. The van der Waals surface area contributed by atoms with Crippen molar-refractivity contribution >= 4 is 11.6 Å². The van der Waals surface area contributed by atoms with Crippen LogP contribution in [-0.2, 0) is 0 Å². The van der Waals surface area contributed by atoms with Crippen LogP contribution >= 0.6 is 0 Å². The van der Waals surface area contributed by atoms with Crippen molar-refractivity contribution in [2.75, 3.05) is 20.2 Å². The number of para-hydroxylation sites is 1. The molecule has 1 aliphatic heterocycles. The Labute approximate surface area is 151 Å². The van der Waals surface area contributed by atoms with Crippen LogP contribution in [0.1, 0.15) is 24.6 Å². The minimum Gasteiger partial charge on any atom is -0.496 e. The second kappa shape index (κ2) is 6.71. The number of pyridine rings is 1. The maximum Gasteiger partial charge on any atom is 0.407 e. The molecule has 2 aromatic heterocycles. The molecule has 3 heterocycles. The first-order valence-corrected chi connectivity index (χ1v) is 8.77. The summed E-state index contributed by atoms with van der Waals surface area (Å²) in [5.41, 5.74) is 2.90. The Morgan fingerprint density at radius 3 is 2.62 bits per heavy atom. The highest BCUT2D eigenvalue weighted by Gasteiger charge is 2.27. The van der Waals surface area contributed by atoms with Gasteiger partial charge in [0.15, 0.2) is 0 Å². The third kappa shape index (κ3) is 2.77. The van der Waals surface area contributed by atoms with E-state index in [-0.39, 0.29) is 5.92 Å². The van der Waals surface area contributed by atoms with Crippen molar-refractivity contribution in [2.45, 2.75) is 18.8 Å². The largest absolute Gasteiger partial charge is 0.496 e. The van der Waals surface area contributed by atoms with Crippen LogP contribution < -0.4 is 4.74 Å². The van der Waals surface area contributed by atoms with E-state index in [0.29, 0.717) is 13.1 Å². The van der Waals surface area contributed by atoms with Crippen LogP contribution in [0.3, 0.4) is 0 Å². The molecule has 3 aromatic rings. The number of carboxylic acid groups (broad SMARTS) is 1. The number of likely N-dealkylation sites (tertiary alicyclic amines) is 1. The maximum absolute atomic E-state index is 11.2. The van der Waals surface area contributed by atoms with E-state index in [1.165, 1.54) is 4.90 Å². The van der Waals surface area contributed by atoms with E-state index in [9.17, 15) is 4.79 Å². The van der Waals surface area contributed by atoms with Gasteiger partial charge in [-0.1, -0.05) is 18.2 Å². The lowest BCUT2D eigenvalue weighted by atomic mass is 9.96. The number of piperidine rings is 1. The molecule has 0 bridgehead atoms. The van der Waals surface area contributed by atoms with Crippen LogP contribution in [0, 0.1) is 0 Å². The van der Waals surface area contributed by atoms with Crippen molar-refractivity contribution in [1.82, 2.24) is 14.3 Å². The lowest BCUT2D eigenvalue weighted by molar-refractivity contribution is 0.131. The van der Waals surface area contributed by atoms with E-state index in [0.717, 1.165) is 41.2 Å². The Bertz CT molecular complexity index is 942. The first kappa shape index (κ1) is 16.4. The van der Waals surface area contributed by atoms with Gasteiger partial charge in [-0.2, -0.15) is 0 Å². The van der Waals surface area contributed by atoms with Gasteiger partial charge >= 0.3 is 6.09 Å². The number of rotatable bonds is 3. The van der Waals surface area contributed by atoms with E-state index in [2.05, 4.69) is 10.5 Å². The highest BCUT2D eigenvalue weighted by molar-refractivity contribution is 5.81. The zero-order chi connectivity index (χ0) is 18.1. The number of fused-ring (bicyclic) bond motifs is 1. The van der Waals surface area contributed by atoms with Crippen LogP contribution in [-0.4, -0.2) is 45.7 Å². The summed E-state index contributed by atoms with van der Waals surface area (Å²) in [6, 6.07) is 14.0. The summed E-state index contributed by atoms with van der Waals surface area (Å²) in [5.74, 6) is 2.03. The minimum absolute atomic E-state index is 0.240. The van der Waals surface area contributed by atoms with Crippen LogP contribution in [0.25, 0.3) is 16.8 Å². The van der Waals surface area contributed by atoms with E-state index in [4.69, 9.17) is 14.8 Å². The molecule has 4 rings (SSSR count). The molecule has 1 amide bonds. The topological polar surface area (TPSA) is 67.1 Å². The molecule has 6 nitrogen and oxygen atoms in total. The summed E-state index contributed by atoms with van der Waals surface area (Å²) in [4.78, 5) is 17.6. The van der Waals surface area contributed by atoms with Crippen molar-refractivity contribution in [1.29, 1.82) is 0 Å². The van der Waals surface area contributed by atoms with Gasteiger partial charge < -0.3 is 19.1 Å². The number of nitrogens with zero attached hydrogens (tertiary/aromatic N) is 3. The number of benzene rings is 1. The number of hydrogen-bond donors (Lipinski definition) is 1. The molecular formula is C20H21N3O3. The maximum atomic E-state index is 11.2. The van der Waals surface area contributed by atoms with Crippen molar-refractivity contribution in [2.24, 2.45) is 0 Å². The predicted molar refractivity (Wildman–Crippen MR) is 98.8 cm³/mol. The van der Waals surface area contributed by atoms with Crippen LogP contribution in [0.4, 0.5) is 4.79 Å². The second-order valence-electron chi connectivity index (χ2n) is 6.52. The molecule has 6 heteroatoms. The molecule has 0 unspecified atom stereocenters. The second-order valence-corrected chi connectivity index (χ2v) is 6.52. The fourth-order valence-corrected chi connectivity index (χ4v) is 3.72. The lowest BCUT2D eigenvalue weighted by Gasteiger charge is -2.29. The van der Waals surface area contributed by atoms with Gasteiger partial charge in [0.05, 0.1) is 12.6 Å². The van der Waals surface area contributed by atoms with Crippen molar-refractivity contribution in [3.63, 3.8) is 0 Å². The molecule has 1 N–H and O–H groups in total. The number of methoxy groups -OCH3 is 1. The normalized spacial score (nSPS) is 15.3. The van der Waals surface area contributed by atoms with Crippen LogP contribution in [0.15, 0.2) is 48.7 Å². The number of aromatic nitrogens is 2. The minimum atomic E-state index is -0.842. The Hall–Kier alpha value is -3.02. The first-order chi connectivity index (χ1) is 12.7. The molecular weight excluding hydrogens is 330 g/mol. The molecule has 26 heavy (non-hydrogen) atoms. The summed E-state index contributed by atoms with van der Waals surface area (Å²) in [6.45, 7) is 1.09. The third-order valence-corrected chi connectivity index (χ3v) is 5.07. The molecule has 0 aliphatic carbocycles. The van der Waals surface area contributed by atoms with Gasteiger partial charge in [-0.05, 0) is 37.1 Å². The quantitative estimate of drug-likeness (QED) is 0.778. The smallest absolute Gasteiger partial charge is 0.407 e. The first-order valence-electron chi connectivity index (χ1n) is 8.77. The molecule has 1 fully saturated rings. The zero-order valence-electron chi connectivity index (χ0n) is 14.6. The van der Waals surface area contributed by atoms with Gasteiger partial charge in [0.1, 0.15) is 17.3 Å². The zero-order valence-corrected chi connectivity index (χ0v) is 14.6. The standard InChI is InChI=1S/C20H21N3O3/c1-26-17-8-3-2-6-15(17)18-16-7-4-5-11-23(16)19(21-18)14-9-12-22(13-10-14)20(24)25/h2-8,11,14H,9-10,12-13H2,1H3,(H,24,25). The fraction of sp³-hybridized carbons (Fsp3) is 0.300. The Kier molecular flexibility index (Phi) is 4.24. The molecule has 134 valence electrons. The summed E-state index contributed by atoms with van der Waals surface area (Å²) in [5, 5.41) is 9.17. The average Bonchev–Trinajstić information content (AvgIpc) is 3.07. The number of amides is 1. The highest BCUT2D eigenvalue weighted by atomic mass is 16.5.